The van der Waals surface area contributed by atoms with E-state index in [9.17, 15) is 4.79 Å². The molecule has 1 amide bonds. The van der Waals surface area contributed by atoms with Crippen LogP contribution in [0.1, 0.15) is 51.9 Å². The Morgan fingerprint density at radius 3 is 2.72 bits per heavy atom. The van der Waals surface area contributed by atoms with Gasteiger partial charge in [-0.1, -0.05) is 19.8 Å². The molecule has 2 aliphatic rings. The first-order chi connectivity index (χ1) is 8.33. The summed E-state index contributed by atoms with van der Waals surface area (Å²) in [6.45, 7) is 5.19. The number of piperidine rings is 1. The Kier molecular flexibility index (Phi) is 7.02. The molecule has 1 N–H and O–H groups in total. The van der Waals surface area contributed by atoms with E-state index in [1.165, 1.54) is 25.7 Å². The Labute approximate surface area is 117 Å². The third-order valence-electron chi connectivity index (χ3n) is 4.28. The summed E-state index contributed by atoms with van der Waals surface area (Å²) < 4.78 is 0. The highest BCUT2D eigenvalue weighted by atomic mass is 35.5. The van der Waals surface area contributed by atoms with Crippen LogP contribution in [0, 0.1) is 5.92 Å². The van der Waals surface area contributed by atoms with Crippen molar-refractivity contribution in [1.82, 2.24) is 10.2 Å². The van der Waals surface area contributed by atoms with Crippen LogP contribution in [0.25, 0.3) is 0 Å². The number of likely N-dealkylation sites (tertiary alicyclic amines) is 1. The van der Waals surface area contributed by atoms with Gasteiger partial charge in [-0.05, 0) is 38.6 Å². The number of hydrogen-bond acceptors (Lipinski definition) is 2. The molecule has 18 heavy (non-hydrogen) atoms. The predicted octanol–water partition coefficient (Wildman–Crippen LogP) is 2.59. The van der Waals surface area contributed by atoms with Crippen LogP contribution in [0.2, 0.25) is 0 Å². The van der Waals surface area contributed by atoms with Crippen molar-refractivity contribution < 1.29 is 4.79 Å². The van der Waals surface area contributed by atoms with Crippen molar-refractivity contribution in [2.45, 2.75) is 57.9 Å². The summed E-state index contributed by atoms with van der Waals surface area (Å²) >= 11 is 0. The van der Waals surface area contributed by atoms with Crippen LogP contribution in [-0.4, -0.2) is 36.5 Å². The topological polar surface area (TPSA) is 32.3 Å². The Bertz CT molecular complexity index is 254. The molecular formula is C14H27ClN2O. The van der Waals surface area contributed by atoms with Gasteiger partial charge in [-0.25, -0.2) is 0 Å². The van der Waals surface area contributed by atoms with Crippen molar-refractivity contribution >= 4 is 18.3 Å². The van der Waals surface area contributed by atoms with E-state index in [1.807, 2.05) is 0 Å². The predicted molar refractivity (Wildman–Crippen MR) is 77.1 cm³/mol. The minimum Gasteiger partial charge on any atom is -0.339 e. The number of amides is 1. The Hall–Kier alpha value is -0.280. The van der Waals surface area contributed by atoms with Crippen LogP contribution in [-0.2, 0) is 4.79 Å². The first-order valence-electron chi connectivity index (χ1n) is 7.34. The number of halogens is 1. The van der Waals surface area contributed by atoms with Gasteiger partial charge in [0.1, 0.15) is 0 Å². The normalized spacial score (nSPS) is 29.3. The molecule has 0 aromatic heterocycles. The van der Waals surface area contributed by atoms with Gasteiger partial charge in [-0.2, -0.15) is 0 Å². The summed E-state index contributed by atoms with van der Waals surface area (Å²) in [6.07, 6.45) is 8.35. The minimum atomic E-state index is 0. The van der Waals surface area contributed by atoms with Gasteiger partial charge < -0.3 is 10.2 Å². The molecular weight excluding hydrogens is 248 g/mol. The second-order valence-electron chi connectivity index (χ2n) is 5.49. The van der Waals surface area contributed by atoms with Crippen LogP contribution in [0.15, 0.2) is 0 Å². The van der Waals surface area contributed by atoms with Gasteiger partial charge in [-0.15, -0.1) is 12.4 Å². The maximum atomic E-state index is 12.6. The zero-order valence-electron chi connectivity index (χ0n) is 11.5. The van der Waals surface area contributed by atoms with Crippen LogP contribution in [0.3, 0.4) is 0 Å². The fourth-order valence-electron chi connectivity index (χ4n) is 3.19. The molecule has 4 heteroatoms. The van der Waals surface area contributed by atoms with Crippen LogP contribution in [0.4, 0.5) is 0 Å². The highest BCUT2D eigenvalue weighted by molar-refractivity contribution is 5.85. The second-order valence-corrected chi connectivity index (χ2v) is 5.49. The minimum absolute atomic E-state index is 0. The molecule has 106 valence electrons. The van der Waals surface area contributed by atoms with Crippen molar-refractivity contribution in [3.05, 3.63) is 0 Å². The fourth-order valence-corrected chi connectivity index (χ4v) is 3.19. The molecule has 2 aliphatic heterocycles. The number of rotatable bonds is 2. The van der Waals surface area contributed by atoms with Crippen molar-refractivity contribution in [1.29, 1.82) is 0 Å². The molecule has 0 spiro atoms. The lowest BCUT2D eigenvalue weighted by molar-refractivity contribution is -0.138. The van der Waals surface area contributed by atoms with Crippen LogP contribution < -0.4 is 5.32 Å². The van der Waals surface area contributed by atoms with Gasteiger partial charge in [-0.3, -0.25) is 4.79 Å². The van der Waals surface area contributed by atoms with E-state index in [-0.39, 0.29) is 18.3 Å². The fraction of sp³-hybridized carbons (Fsp3) is 0.929. The number of nitrogens with one attached hydrogen (secondary N) is 1. The Morgan fingerprint density at radius 2 is 2.06 bits per heavy atom. The maximum absolute atomic E-state index is 12.6. The SMILES string of the molecule is CCC1CCCCCN1C(=O)[C@@H]1CCCNC1.Cl. The third kappa shape index (κ3) is 3.86. The lowest BCUT2D eigenvalue weighted by atomic mass is 9.96. The van der Waals surface area contributed by atoms with E-state index in [0.29, 0.717) is 11.9 Å². The first kappa shape index (κ1) is 15.8. The lowest BCUT2D eigenvalue weighted by Gasteiger charge is -2.34. The highest BCUT2D eigenvalue weighted by Crippen LogP contribution is 2.23. The molecule has 3 nitrogen and oxygen atoms in total. The van der Waals surface area contributed by atoms with E-state index in [4.69, 9.17) is 0 Å². The smallest absolute Gasteiger partial charge is 0.227 e. The summed E-state index contributed by atoms with van der Waals surface area (Å²) in [4.78, 5) is 14.8. The molecule has 0 bridgehead atoms. The van der Waals surface area contributed by atoms with E-state index in [2.05, 4.69) is 17.1 Å². The summed E-state index contributed by atoms with van der Waals surface area (Å²) in [5, 5.41) is 3.36. The molecule has 2 heterocycles. The standard InChI is InChI=1S/C14H26N2O.ClH/c1-2-13-8-4-3-5-10-16(13)14(17)12-7-6-9-15-11-12;/h12-13,15H,2-11H2,1H3;1H/t12-,13?;/m1./s1. The Balaban J connectivity index is 0.00000162. The number of hydrogen-bond donors (Lipinski definition) is 1. The summed E-state index contributed by atoms with van der Waals surface area (Å²) in [6, 6.07) is 0.506. The molecule has 0 saturated carbocycles. The monoisotopic (exact) mass is 274 g/mol. The van der Waals surface area contributed by atoms with Gasteiger partial charge >= 0.3 is 0 Å². The summed E-state index contributed by atoms with van der Waals surface area (Å²) in [5.74, 6) is 0.668. The lowest BCUT2D eigenvalue weighted by Crippen LogP contribution is -2.47. The molecule has 0 aromatic carbocycles. The van der Waals surface area contributed by atoms with E-state index in [1.54, 1.807) is 0 Å². The van der Waals surface area contributed by atoms with Gasteiger partial charge in [0.2, 0.25) is 5.91 Å². The number of carbonyl (C=O) groups excluding carboxylic acids is 1. The van der Waals surface area contributed by atoms with Gasteiger partial charge in [0.15, 0.2) is 0 Å². The van der Waals surface area contributed by atoms with Gasteiger partial charge in [0, 0.05) is 19.1 Å². The molecule has 2 saturated heterocycles. The second kappa shape index (κ2) is 8.00. The first-order valence-corrected chi connectivity index (χ1v) is 7.34. The molecule has 2 rings (SSSR count). The van der Waals surface area contributed by atoms with Crippen molar-refractivity contribution in [3.8, 4) is 0 Å². The Morgan fingerprint density at radius 1 is 1.22 bits per heavy atom. The third-order valence-corrected chi connectivity index (χ3v) is 4.28. The number of carbonyl (C=O) groups is 1. The van der Waals surface area contributed by atoms with E-state index >= 15 is 0 Å². The summed E-state index contributed by atoms with van der Waals surface area (Å²) in [7, 11) is 0. The molecule has 0 aromatic rings. The average Bonchev–Trinajstić information content (AvgIpc) is 2.64. The largest absolute Gasteiger partial charge is 0.339 e. The average molecular weight is 275 g/mol. The zero-order chi connectivity index (χ0) is 12.1. The van der Waals surface area contributed by atoms with Crippen LogP contribution in [0.5, 0.6) is 0 Å². The summed E-state index contributed by atoms with van der Waals surface area (Å²) in [5.41, 5.74) is 0. The maximum Gasteiger partial charge on any atom is 0.227 e. The van der Waals surface area contributed by atoms with Crippen molar-refractivity contribution in [2.75, 3.05) is 19.6 Å². The number of nitrogens with zero attached hydrogens (tertiary/aromatic N) is 1. The highest BCUT2D eigenvalue weighted by Gasteiger charge is 2.30. The van der Waals surface area contributed by atoms with Gasteiger partial charge in [0.25, 0.3) is 0 Å². The molecule has 2 atom stereocenters. The molecule has 0 radical (unpaired) electrons. The van der Waals surface area contributed by atoms with Crippen molar-refractivity contribution in [2.24, 2.45) is 5.92 Å². The van der Waals surface area contributed by atoms with E-state index in [0.717, 1.165) is 38.9 Å². The van der Waals surface area contributed by atoms with E-state index < -0.39 is 0 Å². The molecule has 2 fully saturated rings. The van der Waals surface area contributed by atoms with Crippen LogP contribution >= 0.6 is 12.4 Å². The zero-order valence-corrected chi connectivity index (χ0v) is 12.3. The molecule has 0 aliphatic carbocycles. The van der Waals surface area contributed by atoms with Gasteiger partial charge in [0.05, 0.1) is 5.92 Å². The molecule has 1 unspecified atom stereocenters. The van der Waals surface area contributed by atoms with Crippen molar-refractivity contribution in [3.63, 3.8) is 0 Å². The quantitative estimate of drug-likeness (QED) is 0.839.